The molecule has 6 heteroatoms. The van der Waals surface area contributed by atoms with Gasteiger partial charge < -0.3 is 15.1 Å². The molecule has 1 fully saturated rings. The monoisotopic (exact) mass is 397 g/mol. The first-order valence-corrected chi connectivity index (χ1v) is 9.92. The van der Waals surface area contributed by atoms with Gasteiger partial charge in [-0.05, 0) is 44.5 Å². The number of amides is 2. The van der Waals surface area contributed by atoms with Crippen LogP contribution in [0.1, 0.15) is 25.0 Å². The largest absolute Gasteiger partial charge is 0.368 e. The van der Waals surface area contributed by atoms with Crippen LogP contribution in [0.2, 0.25) is 0 Å². The van der Waals surface area contributed by atoms with E-state index in [2.05, 4.69) is 35.3 Å². The Hall–Kier alpha value is -2.89. The van der Waals surface area contributed by atoms with Crippen molar-refractivity contribution in [1.82, 2.24) is 10.2 Å². The highest BCUT2D eigenvalue weighted by atomic mass is 19.1. The zero-order chi connectivity index (χ0) is 21.0. The summed E-state index contributed by atoms with van der Waals surface area (Å²) in [6, 6.07) is 14.6. The van der Waals surface area contributed by atoms with Crippen molar-refractivity contribution < 1.29 is 14.0 Å². The lowest BCUT2D eigenvalue weighted by Gasteiger charge is -2.39. The predicted octanol–water partition coefficient (Wildman–Crippen LogP) is 3.13. The fourth-order valence-corrected chi connectivity index (χ4v) is 3.52. The second-order valence-corrected chi connectivity index (χ2v) is 8.02. The van der Waals surface area contributed by atoms with E-state index < -0.39 is 11.3 Å². The first kappa shape index (κ1) is 20.8. The van der Waals surface area contributed by atoms with E-state index in [4.69, 9.17) is 0 Å². The molecule has 29 heavy (non-hydrogen) atoms. The van der Waals surface area contributed by atoms with Gasteiger partial charge in [-0.25, -0.2) is 4.39 Å². The summed E-state index contributed by atoms with van der Waals surface area (Å²) in [6.45, 7) is 7.95. The van der Waals surface area contributed by atoms with Gasteiger partial charge in [-0.15, -0.1) is 0 Å². The second kappa shape index (κ2) is 8.64. The Balaban J connectivity index is 1.57. The highest BCUT2D eigenvalue weighted by molar-refractivity contribution is 6.04. The third kappa shape index (κ3) is 4.75. The summed E-state index contributed by atoms with van der Waals surface area (Å²) in [5, 5.41) is 2.70. The highest BCUT2D eigenvalue weighted by Crippen LogP contribution is 2.23. The van der Waals surface area contributed by atoms with Crippen LogP contribution in [0.5, 0.6) is 0 Å². The van der Waals surface area contributed by atoms with Crippen molar-refractivity contribution in [2.45, 2.75) is 27.3 Å². The fraction of sp³-hybridized carbons (Fsp3) is 0.391. The summed E-state index contributed by atoms with van der Waals surface area (Å²) in [7, 11) is 0. The Labute approximate surface area is 171 Å². The molecule has 1 saturated heterocycles. The van der Waals surface area contributed by atoms with Crippen molar-refractivity contribution in [1.29, 1.82) is 0 Å². The molecule has 1 heterocycles. The SMILES string of the molecule is Cc1cccc(N2CCN(C(=O)C(C)(C)C(=O)NCc3ccccc3F)CC2)c1. The van der Waals surface area contributed by atoms with Crippen LogP contribution in [0.4, 0.5) is 10.1 Å². The number of hydrogen-bond donors (Lipinski definition) is 1. The molecule has 3 rings (SSSR count). The Morgan fingerprint density at radius 3 is 2.38 bits per heavy atom. The Bertz CT molecular complexity index is 889. The van der Waals surface area contributed by atoms with E-state index >= 15 is 0 Å². The molecule has 2 amide bonds. The zero-order valence-electron chi connectivity index (χ0n) is 17.2. The summed E-state index contributed by atoms with van der Waals surface area (Å²) in [5.41, 5.74) is 1.54. The van der Waals surface area contributed by atoms with Gasteiger partial charge in [0.1, 0.15) is 11.2 Å². The third-order valence-electron chi connectivity index (χ3n) is 5.43. The minimum Gasteiger partial charge on any atom is -0.368 e. The zero-order valence-corrected chi connectivity index (χ0v) is 17.2. The average molecular weight is 397 g/mol. The number of carbonyl (C=O) groups excluding carboxylic acids is 2. The highest BCUT2D eigenvalue weighted by Gasteiger charge is 2.40. The van der Waals surface area contributed by atoms with Crippen LogP contribution in [0.3, 0.4) is 0 Å². The molecule has 0 bridgehead atoms. The standard InChI is InChI=1S/C23H28FN3O2/c1-17-7-6-9-19(15-17)26-11-13-27(14-12-26)22(29)23(2,3)21(28)25-16-18-8-4-5-10-20(18)24/h4-10,15H,11-14,16H2,1-3H3,(H,25,28). The molecule has 0 radical (unpaired) electrons. The van der Waals surface area contributed by atoms with E-state index in [0.717, 1.165) is 18.8 Å². The number of rotatable bonds is 5. The number of anilines is 1. The molecular formula is C23H28FN3O2. The molecular weight excluding hydrogens is 369 g/mol. The average Bonchev–Trinajstić information content (AvgIpc) is 2.72. The van der Waals surface area contributed by atoms with Crippen molar-refractivity contribution in [2.24, 2.45) is 5.41 Å². The van der Waals surface area contributed by atoms with Gasteiger partial charge in [0.25, 0.3) is 0 Å². The van der Waals surface area contributed by atoms with E-state index in [0.29, 0.717) is 18.7 Å². The van der Waals surface area contributed by atoms with Gasteiger partial charge in [-0.1, -0.05) is 30.3 Å². The maximum atomic E-state index is 13.8. The quantitative estimate of drug-likeness (QED) is 0.789. The molecule has 1 aliphatic rings. The van der Waals surface area contributed by atoms with E-state index in [1.165, 1.54) is 11.6 Å². The smallest absolute Gasteiger partial charge is 0.237 e. The number of carbonyl (C=O) groups is 2. The van der Waals surface area contributed by atoms with Crippen molar-refractivity contribution in [3.05, 3.63) is 65.5 Å². The number of nitrogens with one attached hydrogen (secondary N) is 1. The summed E-state index contributed by atoms with van der Waals surface area (Å²) in [6.07, 6.45) is 0. The molecule has 5 nitrogen and oxygen atoms in total. The van der Waals surface area contributed by atoms with Crippen LogP contribution in [0.15, 0.2) is 48.5 Å². The summed E-state index contributed by atoms with van der Waals surface area (Å²) in [4.78, 5) is 29.7. The lowest BCUT2D eigenvalue weighted by molar-refractivity contribution is -0.148. The van der Waals surface area contributed by atoms with E-state index in [9.17, 15) is 14.0 Å². The van der Waals surface area contributed by atoms with Crippen molar-refractivity contribution >= 4 is 17.5 Å². The number of hydrogen-bond acceptors (Lipinski definition) is 3. The number of piperazine rings is 1. The molecule has 2 aromatic rings. The van der Waals surface area contributed by atoms with Gasteiger partial charge in [0.15, 0.2) is 0 Å². The molecule has 0 atom stereocenters. The molecule has 2 aromatic carbocycles. The number of aryl methyl sites for hydroxylation is 1. The van der Waals surface area contributed by atoms with Gasteiger partial charge in [-0.2, -0.15) is 0 Å². The molecule has 0 saturated carbocycles. The molecule has 1 N–H and O–H groups in total. The lowest BCUT2D eigenvalue weighted by atomic mass is 9.89. The number of halogens is 1. The number of benzene rings is 2. The predicted molar refractivity (Wildman–Crippen MR) is 112 cm³/mol. The lowest BCUT2D eigenvalue weighted by Crippen LogP contribution is -2.55. The Morgan fingerprint density at radius 2 is 1.72 bits per heavy atom. The summed E-state index contributed by atoms with van der Waals surface area (Å²) >= 11 is 0. The van der Waals surface area contributed by atoms with Crippen LogP contribution in [0, 0.1) is 18.2 Å². The molecule has 0 aromatic heterocycles. The van der Waals surface area contributed by atoms with Crippen LogP contribution >= 0.6 is 0 Å². The van der Waals surface area contributed by atoms with E-state index in [-0.39, 0.29) is 18.3 Å². The first-order valence-electron chi connectivity index (χ1n) is 9.92. The molecule has 0 unspecified atom stereocenters. The van der Waals surface area contributed by atoms with E-state index in [1.54, 1.807) is 36.9 Å². The minimum absolute atomic E-state index is 0.0589. The van der Waals surface area contributed by atoms with Crippen molar-refractivity contribution in [3.8, 4) is 0 Å². The Morgan fingerprint density at radius 1 is 1.03 bits per heavy atom. The van der Waals surface area contributed by atoms with Gasteiger partial charge in [0.2, 0.25) is 11.8 Å². The van der Waals surface area contributed by atoms with E-state index in [1.807, 2.05) is 6.07 Å². The second-order valence-electron chi connectivity index (χ2n) is 8.02. The normalized spacial score (nSPS) is 14.6. The summed E-state index contributed by atoms with van der Waals surface area (Å²) in [5.74, 6) is -0.969. The minimum atomic E-state index is -1.21. The molecule has 154 valence electrons. The maximum absolute atomic E-state index is 13.8. The molecule has 1 aliphatic heterocycles. The van der Waals surface area contributed by atoms with Crippen LogP contribution in [-0.2, 0) is 16.1 Å². The summed E-state index contributed by atoms with van der Waals surface area (Å²) < 4.78 is 13.8. The van der Waals surface area contributed by atoms with Crippen molar-refractivity contribution in [2.75, 3.05) is 31.1 Å². The Kier molecular flexibility index (Phi) is 6.20. The topological polar surface area (TPSA) is 52.7 Å². The van der Waals surface area contributed by atoms with Crippen molar-refractivity contribution in [3.63, 3.8) is 0 Å². The van der Waals surface area contributed by atoms with Gasteiger partial charge in [0, 0.05) is 44.0 Å². The van der Waals surface area contributed by atoms with Gasteiger partial charge in [-0.3, -0.25) is 9.59 Å². The van der Waals surface area contributed by atoms with Gasteiger partial charge >= 0.3 is 0 Å². The third-order valence-corrected chi connectivity index (χ3v) is 5.43. The maximum Gasteiger partial charge on any atom is 0.237 e. The number of nitrogens with zero attached hydrogens (tertiary/aromatic N) is 2. The van der Waals surface area contributed by atoms with Crippen LogP contribution in [-0.4, -0.2) is 42.9 Å². The first-order chi connectivity index (χ1) is 13.8. The molecule has 0 spiro atoms. The van der Waals surface area contributed by atoms with Crippen LogP contribution < -0.4 is 10.2 Å². The van der Waals surface area contributed by atoms with Gasteiger partial charge in [0.05, 0.1) is 0 Å². The fourth-order valence-electron chi connectivity index (χ4n) is 3.52. The van der Waals surface area contributed by atoms with Crippen LogP contribution in [0.25, 0.3) is 0 Å². The molecule has 0 aliphatic carbocycles.